The van der Waals surface area contributed by atoms with Crippen LogP contribution in [0.1, 0.15) is 26.4 Å². The van der Waals surface area contributed by atoms with E-state index in [1.54, 1.807) is 36.8 Å². The zero-order chi connectivity index (χ0) is 19.1. The van der Waals surface area contributed by atoms with Crippen LogP contribution in [0.15, 0.2) is 60.0 Å². The van der Waals surface area contributed by atoms with E-state index in [0.717, 1.165) is 5.56 Å². The van der Waals surface area contributed by atoms with E-state index in [1.165, 1.54) is 11.3 Å². The Kier molecular flexibility index (Phi) is 6.17. The highest BCUT2D eigenvalue weighted by molar-refractivity contribution is 7.13. The van der Waals surface area contributed by atoms with Gasteiger partial charge in [0.15, 0.2) is 23.2 Å². The summed E-state index contributed by atoms with van der Waals surface area (Å²) in [6, 6.07) is 16.5. The number of anilines is 1. The average molecular weight is 382 g/mol. The fourth-order valence-electron chi connectivity index (χ4n) is 2.29. The molecule has 0 saturated carbocycles. The lowest BCUT2D eigenvalue weighted by atomic mass is 10.1. The minimum atomic E-state index is -0.624. The summed E-state index contributed by atoms with van der Waals surface area (Å²) < 4.78 is 10.1. The fraction of sp³-hybridized carbons (Fsp3) is 0.150. The van der Waals surface area contributed by atoms with Crippen molar-refractivity contribution in [2.75, 3.05) is 19.0 Å². The van der Waals surface area contributed by atoms with Crippen LogP contribution in [0.2, 0.25) is 0 Å². The lowest BCUT2D eigenvalue weighted by Gasteiger charge is -2.04. The third-order valence-corrected chi connectivity index (χ3v) is 4.55. The van der Waals surface area contributed by atoms with Crippen LogP contribution in [-0.2, 0) is 11.3 Å². The molecule has 0 bridgehead atoms. The van der Waals surface area contributed by atoms with Crippen LogP contribution in [-0.4, -0.2) is 30.5 Å². The van der Waals surface area contributed by atoms with Crippen molar-refractivity contribution < 1.29 is 19.1 Å². The van der Waals surface area contributed by atoms with Crippen LogP contribution < -0.4 is 10.1 Å². The number of nitrogens with zero attached hydrogens (tertiary/aromatic N) is 1. The summed E-state index contributed by atoms with van der Waals surface area (Å²) in [5.41, 5.74) is 1.74. The average Bonchev–Trinajstić information content (AvgIpc) is 3.20. The second kappa shape index (κ2) is 8.95. The Labute approximate surface area is 160 Å². The number of rotatable bonds is 8. The number of methoxy groups -OCH3 is 1. The van der Waals surface area contributed by atoms with Gasteiger partial charge in [0.05, 0.1) is 7.11 Å². The van der Waals surface area contributed by atoms with Gasteiger partial charge in [0.1, 0.15) is 5.75 Å². The molecule has 0 amide bonds. The van der Waals surface area contributed by atoms with Crippen molar-refractivity contribution in [3.63, 3.8) is 0 Å². The zero-order valence-corrected chi connectivity index (χ0v) is 15.5. The summed E-state index contributed by atoms with van der Waals surface area (Å²) in [5, 5.41) is 5.38. The number of benzene rings is 2. The largest absolute Gasteiger partial charge is 0.497 e. The molecule has 3 rings (SSSR count). The summed E-state index contributed by atoms with van der Waals surface area (Å²) >= 11 is 1.31. The maximum absolute atomic E-state index is 12.1. The molecule has 3 aromatic rings. The van der Waals surface area contributed by atoms with Crippen molar-refractivity contribution in [2.24, 2.45) is 0 Å². The third kappa shape index (κ3) is 5.15. The van der Waals surface area contributed by atoms with Crippen LogP contribution in [0.5, 0.6) is 5.75 Å². The van der Waals surface area contributed by atoms with Crippen LogP contribution in [0.4, 0.5) is 5.13 Å². The summed E-state index contributed by atoms with van der Waals surface area (Å²) in [4.78, 5) is 28.4. The molecule has 0 spiro atoms. The van der Waals surface area contributed by atoms with Gasteiger partial charge < -0.3 is 14.8 Å². The van der Waals surface area contributed by atoms with Gasteiger partial charge in [0.2, 0.25) is 0 Å². The molecule has 7 heteroatoms. The molecule has 0 saturated heterocycles. The maximum atomic E-state index is 12.1. The molecule has 27 heavy (non-hydrogen) atoms. The molecule has 1 N–H and O–H groups in total. The van der Waals surface area contributed by atoms with Gasteiger partial charge in [-0.25, -0.2) is 9.78 Å². The van der Waals surface area contributed by atoms with E-state index in [4.69, 9.17) is 9.47 Å². The minimum absolute atomic E-state index is 0.179. The van der Waals surface area contributed by atoms with Crippen molar-refractivity contribution in [1.82, 2.24) is 4.98 Å². The van der Waals surface area contributed by atoms with E-state index in [0.29, 0.717) is 23.0 Å². The van der Waals surface area contributed by atoms with Gasteiger partial charge in [0, 0.05) is 17.5 Å². The van der Waals surface area contributed by atoms with E-state index >= 15 is 0 Å². The van der Waals surface area contributed by atoms with Crippen molar-refractivity contribution in [2.45, 2.75) is 6.54 Å². The van der Waals surface area contributed by atoms with Gasteiger partial charge in [-0.1, -0.05) is 30.3 Å². The SMILES string of the molecule is COc1ccc(C(=O)COC(=O)c2csc(NCc3ccccc3)n2)cc1. The number of aromatic nitrogens is 1. The predicted molar refractivity (Wildman–Crippen MR) is 103 cm³/mol. The first kappa shape index (κ1) is 18.6. The molecular formula is C20H18N2O4S. The molecule has 6 nitrogen and oxygen atoms in total. The Hall–Kier alpha value is -3.19. The summed E-state index contributed by atoms with van der Waals surface area (Å²) in [7, 11) is 1.55. The number of carbonyl (C=O) groups excluding carboxylic acids is 2. The van der Waals surface area contributed by atoms with Gasteiger partial charge in [-0.15, -0.1) is 11.3 Å². The van der Waals surface area contributed by atoms with Crippen molar-refractivity contribution in [3.05, 3.63) is 76.8 Å². The highest BCUT2D eigenvalue weighted by atomic mass is 32.1. The maximum Gasteiger partial charge on any atom is 0.358 e. The molecule has 0 unspecified atom stereocenters. The van der Waals surface area contributed by atoms with E-state index in [9.17, 15) is 9.59 Å². The molecule has 0 fully saturated rings. The molecule has 0 radical (unpaired) electrons. The normalized spacial score (nSPS) is 10.3. The fourth-order valence-corrected chi connectivity index (χ4v) is 2.97. The van der Waals surface area contributed by atoms with E-state index in [1.807, 2.05) is 30.3 Å². The predicted octanol–water partition coefficient (Wildman–Crippen LogP) is 3.80. The number of nitrogens with one attached hydrogen (secondary N) is 1. The first-order chi connectivity index (χ1) is 13.2. The van der Waals surface area contributed by atoms with Crippen LogP contribution in [0.3, 0.4) is 0 Å². The first-order valence-corrected chi connectivity index (χ1v) is 9.11. The number of carbonyl (C=O) groups is 2. The number of thiazole rings is 1. The Morgan fingerprint density at radius 3 is 2.52 bits per heavy atom. The number of ether oxygens (including phenoxy) is 2. The number of hydrogen-bond donors (Lipinski definition) is 1. The van der Waals surface area contributed by atoms with Crippen LogP contribution >= 0.6 is 11.3 Å². The third-order valence-electron chi connectivity index (χ3n) is 3.75. The smallest absolute Gasteiger partial charge is 0.358 e. The van der Waals surface area contributed by atoms with Gasteiger partial charge in [-0.2, -0.15) is 0 Å². The standard InChI is InChI=1S/C20H18N2O4S/c1-25-16-9-7-15(8-10-16)18(23)12-26-19(24)17-13-27-20(22-17)21-11-14-5-3-2-4-6-14/h2-10,13H,11-12H2,1H3,(H,21,22). The molecule has 0 atom stereocenters. The van der Waals surface area contributed by atoms with Crippen molar-refractivity contribution in [1.29, 1.82) is 0 Å². The van der Waals surface area contributed by atoms with E-state index in [-0.39, 0.29) is 18.1 Å². The second-order valence-electron chi connectivity index (χ2n) is 5.60. The highest BCUT2D eigenvalue weighted by Crippen LogP contribution is 2.17. The lowest BCUT2D eigenvalue weighted by molar-refractivity contribution is 0.0470. The quantitative estimate of drug-likeness (QED) is 0.472. The number of esters is 1. The Morgan fingerprint density at radius 2 is 1.81 bits per heavy atom. The molecule has 0 aliphatic heterocycles. The van der Waals surface area contributed by atoms with Crippen molar-refractivity contribution >= 4 is 28.2 Å². The Bertz CT molecular complexity index is 907. The topological polar surface area (TPSA) is 77.5 Å². The van der Waals surface area contributed by atoms with Crippen molar-refractivity contribution in [3.8, 4) is 5.75 Å². The molecular weight excluding hydrogens is 364 g/mol. The van der Waals surface area contributed by atoms with Gasteiger partial charge in [0.25, 0.3) is 0 Å². The Balaban J connectivity index is 1.50. The number of Topliss-reactive ketones (excluding diaryl/α,β-unsaturated/α-hetero) is 1. The molecule has 2 aromatic carbocycles. The lowest BCUT2D eigenvalue weighted by Crippen LogP contribution is -2.14. The highest BCUT2D eigenvalue weighted by Gasteiger charge is 2.15. The molecule has 0 aliphatic rings. The summed E-state index contributed by atoms with van der Waals surface area (Å²) in [5.74, 6) is -0.258. The van der Waals surface area contributed by atoms with Gasteiger partial charge in [-0.3, -0.25) is 4.79 Å². The van der Waals surface area contributed by atoms with Crippen LogP contribution in [0, 0.1) is 0 Å². The summed E-state index contributed by atoms with van der Waals surface area (Å²) in [6.07, 6.45) is 0. The second-order valence-corrected chi connectivity index (χ2v) is 6.46. The van der Waals surface area contributed by atoms with E-state index < -0.39 is 5.97 Å². The van der Waals surface area contributed by atoms with E-state index in [2.05, 4.69) is 10.3 Å². The first-order valence-electron chi connectivity index (χ1n) is 8.23. The Morgan fingerprint density at radius 1 is 1.07 bits per heavy atom. The molecule has 138 valence electrons. The van der Waals surface area contributed by atoms with Crippen LogP contribution in [0.25, 0.3) is 0 Å². The molecule has 1 heterocycles. The number of hydrogen-bond acceptors (Lipinski definition) is 7. The van der Waals surface area contributed by atoms with Gasteiger partial charge >= 0.3 is 5.97 Å². The molecule has 1 aromatic heterocycles. The zero-order valence-electron chi connectivity index (χ0n) is 14.7. The minimum Gasteiger partial charge on any atom is -0.497 e. The number of ketones is 1. The summed E-state index contributed by atoms with van der Waals surface area (Å²) in [6.45, 7) is 0.272. The van der Waals surface area contributed by atoms with Gasteiger partial charge in [-0.05, 0) is 29.8 Å². The monoisotopic (exact) mass is 382 g/mol. The molecule has 0 aliphatic carbocycles.